The third kappa shape index (κ3) is 2.90. The molecule has 0 saturated carbocycles. The third-order valence-corrected chi connectivity index (χ3v) is 6.12. The summed E-state index contributed by atoms with van der Waals surface area (Å²) in [7, 11) is -3.52. The fourth-order valence-electron chi connectivity index (χ4n) is 3.18. The molecule has 3 rings (SSSR count). The van der Waals surface area contributed by atoms with Crippen LogP contribution in [0.1, 0.15) is 31.4 Å². The van der Waals surface area contributed by atoms with Crippen molar-refractivity contribution < 1.29 is 17.6 Å². The minimum Gasteiger partial charge on any atom is -0.447 e. The molecule has 1 atom stereocenters. The van der Waals surface area contributed by atoms with Crippen molar-refractivity contribution in [2.45, 2.75) is 43.4 Å². The van der Waals surface area contributed by atoms with E-state index in [1.54, 1.807) is 6.07 Å². The molecule has 7 nitrogen and oxygen atoms in total. The fourth-order valence-corrected chi connectivity index (χ4v) is 4.62. The lowest BCUT2D eigenvalue weighted by atomic mass is 10.2. The van der Waals surface area contributed by atoms with Crippen LogP contribution in [-0.4, -0.2) is 49.2 Å². The van der Waals surface area contributed by atoms with E-state index in [2.05, 4.69) is 0 Å². The Hall–Kier alpha value is -1.38. The minimum atomic E-state index is -3.52. The molecule has 2 fully saturated rings. The monoisotopic (exact) mass is 327 g/mol. The van der Waals surface area contributed by atoms with Crippen molar-refractivity contribution in [3.05, 3.63) is 17.9 Å². The first-order valence-corrected chi connectivity index (χ1v) is 9.05. The molecule has 2 aliphatic heterocycles. The zero-order valence-corrected chi connectivity index (χ0v) is 13.2. The molecule has 3 heterocycles. The van der Waals surface area contributed by atoms with Crippen LogP contribution in [0, 0.1) is 0 Å². The molecule has 2 aliphatic rings. The number of carbonyl (C=O) groups excluding carboxylic acids is 1. The first-order valence-electron chi connectivity index (χ1n) is 7.61. The summed E-state index contributed by atoms with van der Waals surface area (Å²) in [5.74, 6) is 0.208. The van der Waals surface area contributed by atoms with Gasteiger partial charge in [-0.05, 0) is 44.4 Å². The molecule has 1 aromatic rings. The Kier molecular flexibility index (Phi) is 4.24. The van der Waals surface area contributed by atoms with E-state index in [0.29, 0.717) is 25.4 Å². The third-order valence-electron chi connectivity index (χ3n) is 4.35. The van der Waals surface area contributed by atoms with E-state index < -0.39 is 10.0 Å². The van der Waals surface area contributed by atoms with Gasteiger partial charge in [-0.2, -0.15) is 4.31 Å². The predicted molar refractivity (Wildman–Crippen MR) is 79.3 cm³/mol. The quantitative estimate of drug-likeness (QED) is 0.850. The molecule has 22 heavy (non-hydrogen) atoms. The summed E-state index contributed by atoms with van der Waals surface area (Å²) in [4.78, 5) is 13.3. The molecule has 2 saturated heterocycles. The lowest BCUT2D eigenvalue weighted by Crippen LogP contribution is -2.39. The molecule has 8 heteroatoms. The van der Waals surface area contributed by atoms with Gasteiger partial charge < -0.3 is 10.2 Å². The van der Waals surface area contributed by atoms with Gasteiger partial charge in [0.15, 0.2) is 0 Å². The number of rotatable bonds is 5. The summed E-state index contributed by atoms with van der Waals surface area (Å²) in [6, 6.07) is 2.88. The van der Waals surface area contributed by atoms with E-state index in [1.165, 1.54) is 10.4 Å². The summed E-state index contributed by atoms with van der Waals surface area (Å²) >= 11 is 0. The molecule has 0 aromatic carbocycles. The summed E-state index contributed by atoms with van der Waals surface area (Å²) < 4.78 is 31.8. The van der Waals surface area contributed by atoms with Gasteiger partial charge in [-0.15, -0.1) is 0 Å². The molecular weight excluding hydrogens is 306 g/mol. The number of nitrogens with two attached hydrogens (primary N) is 1. The summed E-state index contributed by atoms with van der Waals surface area (Å²) in [5.41, 5.74) is 5.39. The molecule has 2 N–H and O–H groups in total. The van der Waals surface area contributed by atoms with Crippen LogP contribution in [0.4, 0.5) is 0 Å². The number of sulfonamides is 1. The lowest BCUT2D eigenvalue weighted by Gasteiger charge is -2.20. The van der Waals surface area contributed by atoms with Gasteiger partial charge in [-0.25, -0.2) is 8.42 Å². The van der Waals surface area contributed by atoms with Gasteiger partial charge in [0.25, 0.3) is 10.0 Å². The highest BCUT2D eigenvalue weighted by molar-refractivity contribution is 7.89. The maximum absolute atomic E-state index is 12.4. The molecule has 1 amide bonds. The largest absolute Gasteiger partial charge is 0.447 e. The zero-order valence-electron chi connectivity index (χ0n) is 12.4. The smallest absolute Gasteiger partial charge is 0.276 e. The normalized spacial score (nSPS) is 24.1. The van der Waals surface area contributed by atoms with Gasteiger partial charge in [-0.1, -0.05) is 0 Å². The van der Waals surface area contributed by atoms with Crippen molar-refractivity contribution in [3.63, 3.8) is 0 Å². The van der Waals surface area contributed by atoms with Gasteiger partial charge in [0, 0.05) is 13.1 Å². The second-order valence-corrected chi connectivity index (χ2v) is 7.73. The summed E-state index contributed by atoms with van der Waals surface area (Å²) in [5, 5.41) is -0.0146. The Morgan fingerprint density at radius 1 is 1.23 bits per heavy atom. The van der Waals surface area contributed by atoms with Crippen molar-refractivity contribution in [1.29, 1.82) is 0 Å². The van der Waals surface area contributed by atoms with E-state index in [-0.39, 0.29) is 17.0 Å². The standard InChI is InChI=1S/C14H21N3O4S/c15-14(18)12-4-3-7-16(12)10-11-5-6-13(21-11)22(19,20)17-8-1-2-9-17/h5-6,12H,1-4,7-10H2,(H2,15,18)/t12-/m1/s1. The van der Waals surface area contributed by atoms with Crippen molar-refractivity contribution in [2.75, 3.05) is 19.6 Å². The van der Waals surface area contributed by atoms with Crippen LogP contribution in [0.2, 0.25) is 0 Å². The number of carbonyl (C=O) groups is 1. The van der Waals surface area contributed by atoms with E-state index in [9.17, 15) is 13.2 Å². The number of furan rings is 1. The second-order valence-electron chi connectivity index (χ2n) is 5.86. The van der Waals surface area contributed by atoms with E-state index in [4.69, 9.17) is 10.2 Å². The number of hydrogen-bond donors (Lipinski definition) is 1. The molecule has 0 aliphatic carbocycles. The zero-order chi connectivity index (χ0) is 15.7. The van der Waals surface area contributed by atoms with Crippen molar-refractivity contribution in [1.82, 2.24) is 9.21 Å². The minimum absolute atomic E-state index is 0.0146. The SMILES string of the molecule is NC(=O)[C@H]1CCCN1Cc1ccc(S(=O)(=O)N2CCCC2)o1. The number of primary amides is 1. The van der Waals surface area contributed by atoms with Crippen LogP contribution in [0.5, 0.6) is 0 Å². The van der Waals surface area contributed by atoms with E-state index in [0.717, 1.165) is 32.2 Å². The molecule has 0 spiro atoms. The van der Waals surface area contributed by atoms with E-state index in [1.807, 2.05) is 4.90 Å². The fraction of sp³-hybridized carbons (Fsp3) is 0.643. The van der Waals surface area contributed by atoms with Gasteiger partial charge in [0.1, 0.15) is 5.76 Å². The van der Waals surface area contributed by atoms with Crippen molar-refractivity contribution in [3.8, 4) is 0 Å². The average molecular weight is 327 g/mol. The Morgan fingerprint density at radius 3 is 2.64 bits per heavy atom. The van der Waals surface area contributed by atoms with Crippen LogP contribution >= 0.6 is 0 Å². The van der Waals surface area contributed by atoms with Gasteiger partial charge >= 0.3 is 0 Å². The lowest BCUT2D eigenvalue weighted by molar-refractivity contribution is -0.122. The Bertz CT molecular complexity index is 649. The van der Waals surface area contributed by atoms with Crippen molar-refractivity contribution >= 4 is 15.9 Å². The molecule has 0 radical (unpaired) electrons. The van der Waals surface area contributed by atoms with Crippen molar-refractivity contribution in [2.24, 2.45) is 5.73 Å². The number of amides is 1. The number of likely N-dealkylation sites (tertiary alicyclic amines) is 1. The number of hydrogen-bond acceptors (Lipinski definition) is 5. The molecule has 0 unspecified atom stereocenters. The van der Waals surface area contributed by atoms with Crippen LogP contribution in [-0.2, 0) is 21.4 Å². The van der Waals surface area contributed by atoms with Crippen LogP contribution in [0.3, 0.4) is 0 Å². The average Bonchev–Trinajstić information content (AvgIpc) is 3.21. The van der Waals surface area contributed by atoms with Gasteiger partial charge in [0.05, 0.1) is 12.6 Å². The molecule has 122 valence electrons. The highest BCUT2D eigenvalue weighted by Crippen LogP contribution is 2.25. The summed E-state index contributed by atoms with van der Waals surface area (Å²) in [6.45, 7) is 2.27. The second kappa shape index (κ2) is 6.02. The Labute approximate surface area is 130 Å². The van der Waals surface area contributed by atoms with Crippen LogP contribution in [0.15, 0.2) is 21.6 Å². The first-order chi connectivity index (χ1) is 10.5. The number of nitrogens with zero attached hydrogens (tertiary/aromatic N) is 2. The van der Waals surface area contributed by atoms with Crippen LogP contribution in [0.25, 0.3) is 0 Å². The highest BCUT2D eigenvalue weighted by Gasteiger charge is 2.32. The summed E-state index contributed by atoms with van der Waals surface area (Å²) in [6.07, 6.45) is 3.43. The molecular formula is C14H21N3O4S. The molecule has 1 aromatic heterocycles. The van der Waals surface area contributed by atoms with E-state index >= 15 is 0 Å². The van der Waals surface area contributed by atoms with Gasteiger partial charge in [0.2, 0.25) is 11.0 Å². The highest BCUT2D eigenvalue weighted by atomic mass is 32.2. The maximum Gasteiger partial charge on any atom is 0.276 e. The molecule has 0 bridgehead atoms. The maximum atomic E-state index is 12.4. The predicted octanol–water partition coefficient (Wildman–Crippen LogP) is 0.514. The topological polar surface area (TPSA) is 96.8 Å². The van der Waals surface area contributed by atoms with Gasteiger partial charge in [-0.3, -0.25) is 9.69 Å². The van der Waals surface area contributed by atoms with Crippen LogP contribution < -0.4 is 5.73 Å². The Balaban J connectivity index is 1.72. The Morgan fingerprint density at radius 2 is 1.95 bits per heavy atom. The first kappa shape index (κ1) is 15.5.